The minimum atomic E-state index is -0.624. The van der Waals surface area contributed by atoms with E-state index in [4.69, 9.17) is 5.73 Å². The van der Waals surface area contributed by atoms with E-state index in [1.54, 1.807) is 7.05 Å². The zero-order chi connectivity index (χ0) is 13.7. The van der Waals surface area contributed by atoms with E-state index in [1.165, 1.54) is 24.1 Å². The third kappa shape index (κ3) is 3.44. The standard InChI is InChI=1S/C12H16FN3O2/c1-15-11(17)5-6-16(2)12(18)8-3-4-10(14)9(13)7-8/h3-4,7H,5-6,14H2,1-2H3,(H,15,17). The van der Waals surface area contributed by atoms with Crippen molar-refractivity contribution >= 4 is 17.5 Å². The van der Waals surface area contributed by atoms with E-state index in [0.29, 0.717) is 0 Å². The molecule has 0 radical (unpaired) electrons. The Morgan fingerprint density at radius 2 is 2.11 bits per heavy atom. The van der Waals surface area contributed by atoms with Gasteiger partial charge in [0.2, 0.25) is 5.91 Å². The van der Waals surface area contributed by atoms with Gasteiger partial charge in [0.05, 0.1) is 5.69 Å². The van der Waals surface area contributed by atoms with Gasteiger partial charge < -0.3 is 16.0 Å². The monoisotopic (exact) mass is 253 g/mol. The van der Waals surface area contributed by atoms with Crippen molar-refractivity contribution in [2.45, 2.75) is 6.42 Å². The highest BCUT2D eigenvalue weighted by Gasteiger charge is 2.14. The van der Waals surface area contributed by atoms with Crippen LogP contribution in [0, 0.1) is 5.82 Å². The van der Waals surface area contributed by atoms with Crippen LogP contribution < -0.4 is 11.1 Å². The minimum Gasteiger partial charge on any atom is -0.396 e. The predicted octanol–water partition coefficient (Wildman–Crippen LogP) is 0.616. The Kier molecular flexibility index (Phi) is 4.65. The number of rotatable bonds is 4. The molecule has 0 unspecified atom stereocenters. The average molecular weight is 253 g/mol. The van der Waals surface area contributed by atoms with Gasteiger partial charge in [-0.25, -0.2) is 4.39 Å². The molecule has 0 bridgehead atoms. The number of hydrogen-bond donors (Lipinski definition) is 2. The summed E-state index contributed by atoms with van der Waals surface area (Å²) < 4.78 is 13.2. The van der Waals surface area contributed by atoms with Crippen molar-refractivity contribution in [3.05, 3.63) is 29.6 Å². The van der Waals surface area contributed by atoms with Crippen molar-refractivity contribution in [1.82, 2.24) is 10.2 Å². The average Bonchev–Trinajstić information content (AvgIpc) is 2.37. The minimum absolute atomic E-state index is 0.000404. The molecular weight excluding hydrogens is 237 g/mol. The fourth-order valence-corrected chi connectivity index (χ4v) is 1.38. The zero-order valence-corrected chi connectivity index (χ0v) is 10.4. The van der Waals surface area contributed by atoms with Crippen LogP contribution in [0.4, 0.5) is 10.1 Å². The van der Waals surface area contributed by atoms with Crippen LogP contribution in [-0.2, 0) is 4.79 Å². The number of nitrogens with two attached hydrogens (primary N) is 1. The molecule has 0 saturated heterocycles. The fourth-order valence-electron chi connectivity index (χ4n) is 1.38. The number of carbonyl (C=O) groups is 2. The van der Waals surface area contributed by atoms with Gasteiger partial charge in [-0.3, -0.25) is 9.59 Å². The van der Waals surface area contributed by atoms with Gasteiger partial charge in [-0.1, -0.05) is 0 Å². The summed E-state index contributed by atoms with van der Waals surface area (Å²) in [5.41, 5.74) is 5.54. The highest BCUT2D eigenvalue weighted by atomic mass is 19.1. The number of benzene rings is 1. The number of nitrogens with one attached hydrogen (secondary N) is 1. The SMILES string of the molecule is CNC(=O)CCN(C)C(=O)c1ccc(N)c(F)c1. The second-order valence-corrected chi connectivity index (χ2v) is 3.89. The van der Waals surface area contributed by atoms with Gasteiger partial charge in [0.25, 0.3) is 5.91 Å². The van der Waals surface area contributed by atoms with Crippen LogP contribution in [-0.4, -0.2) is 37.4 Å². The number of anilines is 1. The summed E-state index contributed by atoms with van der Waals surface area (Å²) in [5, 5.41) is 2.46. The molecule has 0 atom stereocenters. The van der Waals surface area contributed by atoms with E-state index in [1.807, 2.05) is 0 Å². The molecule has 1 aromatic rings. The molecule has 0 fully saturated rings. The first-order chi connectivity index (χ1) is 8.45. The van der Waals surface area contributed by atoms with E-state index < -0.39 is 5.82 Å². The van der Waals surface area contributed by atoms with E-state index in [2.05, 4.69) is 5.32 Å². The zero-order valence-electron chi connectivity index (χ0n) is 10.4. The Bertz CT molecular complexity index is 463. The molecular formula is C12H16FN3O2. The Labute approximate surface area is 105 Å². The third-order valence-electron chi connectivity index (χ3n) is 2.55. The summed E-state index contributed by atoms with van der Waals surface area (Å²) >= 11 is 0. The number of halogens is 1. The second-order valence-electron chi connectivity index (χ2n) is 3.89. The van der Waals surface area contributed by atoms with Crippen LogP contribution >= 0.6 is 0 Å². The molecule has 0 heterocycles. The molecule has 0 aliphatic carbocycles. The molecule has 1 aromatic carbocycles. The number of nitrogens with zero attached hydrogens (tertiary/aromatic N) is 1. The summed E-state index contributed by atoms with van der Waals surface area (Å²) in [7, 11) is 3.08. The van der Waals surface area contributed by atoms with E-state index in [0.717, 1.165) is 6.07 Å². The Morgan fingerprint density at radius 3 is 2.67 bits per heavy atom. The van der Waals surface area contributed by atoms with Gasteiger partial charge in [0.15, 0.2) is 0 Å². The van der Waals surface area contributed by atoms with Crippen LogP contribution in [0.3, 0.4) is 0 Å². The number of carbonyl (C=O) groups excluding carboxylic acids is 2. The van der Waals surface area contributed by atoms with Gasteiger partial charge in [-0.05, 0) is 18.2 Å². The summed E-state index contributed by atoms with van der Waals surface area (Å²) in [6.45, 7) is 0.268. The second kappa shape index (κ2) is 6.00. The van der Waals surface area contributed by atoms with E-state index in [9.17, 15) is 14.0 Å². The topological polar surface area (TPSA) is 75.4 Å². The molecule has 1 rings (SSSR count). The summed E-state index contributed by atoms with van der Waals surface area (Å²) in [6, 6.07) is 3.89. The molecule has 3 N–H and O–H groups in total. The van der Waals surface area contributed by atoms with Gasteiger partial charge in [0, 0.05) is 32.6 Å². The molecule has 0 spiro atoms. The molecule has 0 aromatic heterocycles. The largest absolute Gasteiger partial charge is 0.396 e. The van der Waals surface area contributed by atoms with Crippen LogP contribution in [0.25, 0.3) is 0 Å². The van der Waals surface area contributed by atoms with Gasteiger partial charge in [0.1, 0.15) is 5.82 Å². The Hall–Kier alpha value is -2.11. The Balaban J connectivity index is 2.68. The van der Waals surface area contributed by atoms with Crippen LogP contribution in [0.15, 0.2) is 18.2 Å². The van der Waals surface area contributed by atoms with Gasteiger partial charge in [-0.15, -0.1) is 0 Å². The van der Waals surface area contributed by atoms with Crippen molar-refractivity contribution in [3.8, 4) is 0 Å². The first-order valence-electron chi connectivity index (χ1n) is 5.46. The summed E-state index contributed by atoms with van der Waals surface area (Å²) in [4.78, 5) is 24.3. The summed E-state index contributed by atoms with van der Waals surface area (Å²) in [6.07, 6.45) is 0.205. The molecule has 6 heteroatoms. The highest BCUT2D eigenvalue weighted by molar-refractivity contribution is 5.94. The van der Waals surface area contributed by atoms with Crippen molar-refractivity contribution in [3.63, 3.8) is 0 Å². The van der Waals surface area contributed by atoms with Crippen molar-refractivity contribution in [2.24, 2.45) is 0 Å². The van der Waals surface area contributed by atoms with Gasteiger partial charge in [-0.2, -0.15) is 0 Å². The summed E-state index contributed by atoms with van der Waals surface area (Å²) in [5.74, 6) is -1.13. The maximum absolute atomic E-state index is 13.2. The van der Waals surface area contributed by atoms with Crippen LogP contribution in [0.2, 0.25) is 0 Å². The normalized spacial score (nSPS) is 9.94. The molecule has 0 aliphatic rings. The fraction of sp³-hybridized carbons (Fsp3) is 0.333. The number of hydrogen-bond acceptors (Lipinski definition) is 3. The van der Waals surface area contributed by atoms with Crippen molar-refractivity contribution in [1.29, 1.82) is 0 Å². The lowest BCUT2D eigenvalue weighted by molar-refractivity contribution is -0.120. The quantitative estimate of drug-likeness (QED) is 0.772. The van der Waals surface area contributed by atoms with E-state index >= 15 is 0 Å². The number of amides is 2. The molecule has 0 aliphatic heterocycles. The van der Waals surface area contributed by atoms with Crippen LogP contribution in [0.1, 0.15) is 16.8 Å². The molecule has 2 amide bonds. The van der Waals surface area contributed by atoms with Crippen LogP contribution in [0.5, 0.6) is 0 Å². The van der Waals surface area contributed by atoms with E-state index in [-0.39, 0.29) is 36.0 Å². The lowest BCUT2D eigenvalue weighted by Crippen LogP contribution is -2.31. The number of nitrogen functional groups attached to an aromatic ring is 1. The molecule has 18 heavy (non-hydrogen) atoms. The maximum atomic E-state index is 13.2. The molecule has 0 saturated carbocycles. The lowest BCUT2D eigenvalue weighted by atomic mass is 10.1. The highest BCUT2D eigenvalue weighted by Crippen LogP contribution is 2.13. The molecule has 98 valence electrons. The predicted molar refractivity (Wildman–Crippen MR) is 66.5 cm³/mol. The molecule has 5 nitrogen and oxygen atoms in total. The lowest BCUT2D eigenvalue weighted by Gasteiger charge is -2.16. The smallest absolute Gasteiger partial charge is 0.253 e. The Morgan fingerprint density at radius 1 is 1.44 bits per heavy atom. The maximum Gasteiger partial charge on any atom is 0.253 e. The van der Waals surface area contributed by atoms with Gasteiger partial charge >= 0.3 is 0 Å². The van der Waals surface area contributed by atoms with Crippen molar-refractivity contribution in [2.75, 3.05) is 26.4 Å². The first-order valence-corrected chi connectivity index (χ1v) is 5.46. The third-order valence-corrected chi connectivity index (χ3v) is 2.55. The first kappa shape index (κ1) is 14.0. The van der Waals surface area contributed by atoms with Crippen molar-refractivity contribution < 1.29 is 14.0 Å².